The Balaban J connectivity index is 1.81. The highest BCUT2D eigenvalue weighted by molar-refractivity contribution is 5.92. The number of hydrogen-bond acceptors (Lipinski definition) is 5. The molecule has 6 nitrogen and oxygen atoms in total. The van der Waals surface area contributed by atoms with Crippen LogP contribution in [0.15, 0.2) is 22.6 Å². The average Bonchev–Trinajstić information content (AvgIpc) is 2.88. The number of likely N-dealkylation sites (N-methyl/N-ethyl adjacent to an activating group) is 1. The van der Waals surface area contributed by atoms with Crippen molar-refractivity contribution in [2.75, 3.05) is 33.2 Å². The van der Waals surface area contributed by atoms with Gasteiger partial charge < -0.3 is 19.0 Å². The van der Waals surface area contributed by atoms with Gasteiger partial charge in [0.15, 0.2) is 5.58 Å². The zero-order valence-corrected chi connectivity index (χ0v) is 12.3. The molecular formula is C14H14F3N3O3. The van der Waals surface area contributed by atoms with Gasteiger partial charge in [0, 0.05) is 32.2 Å². The molecule has 1 fully saturated rings. The molecule has 1 aromatic carbocycles. The molecule has 1 aromatic heterocycles. The molecule has 0 aliphatic carbocycles. The molecule has 124 valence electrons. The van der Waals surface area contributed by atoms with Crippen LogP contribution in [0.25, 0.3) is 11.1 Å². The Hall–Kier alpha value is -2.29. The van der Waals surface area contributed by atoms with Crippen molar-refractivity contribution < 1.29 is 27.1 Å². The summed E-state index contributed by atoms with van der Waals surface area (Å²) >= 11 is 0. The molecule has 0 bridgehead atoms. The van der Waals surface area contributed by atoms with Crippen molar-refractivity contribution in [1.82, 2.24) is 14.8 Å². The topological polar surface area (TPSA) is 58.8 Å². The van der Waals surface area contributed by atoms with E-state index in [9.17, 15) is 18.0 Å². The summed E-state index contributed by atoms with van der Waals surface area (Å²) in [5, 5.41) is 0. The molecule has 1 amide bonds. The van der Waals surface area contributed by atoms with Gasteiger partial charge in [0.05, 0.1) is 0 Å². The van der Waals surface area contributed by atoms with E-state index in [0.717, 1.165) is 25.2 Å². The third kappa shape index (κ3) is 3.55. The molecule has 0 saturated carbocycles. The Morgan fingerprint density at radius 1 is 1.26 bits per heavy atom. The normalized spacial score (nSPS) is 16.8. The number of nitrogens with zero attached hydrogens (tertiary/aromatic N) is 3. The Bertz CT molecular complexity index is 721. The molecule has 9 heteroatoms. The highest BCUT2D eigenvalue weighted by Crippen LogP contribution is 2.27. The predicted molar refractivity (Wildman–Crippen MR) is 74.1 cm³/mol. The molecule has 1 aliphatic rings. The number of carbonyl (C=O) groups excluding carboxylic acids is 1. The van der Waals surface area contributed by atoms with Gasteiger partial charge in [-0.05, 0) is 19.2 Å². The number of aromatic nitrogens is 1. The molecule has 0 spiro atoms. The molecule has 2 heterocycles. The first-order valence-electron chi connectivity index (χ1n) is 6.96. The number of oxazole rings is 1. The Labute approximate surface area is 129 Å². The largest absolute Gasteiger partial charge is 0.573 e. The average molecular weight is 329 g/mol. The first-order valence-corrected chi connectivity index (χ1v) is 6.96. The van der Waals surface area contributed by atoms with E-state index in [4.69, 9.17) is 4.42 Å². The minimum absolute atomic E-state index is 0.131. The molecule has 2 aromatic rings. The van der Waals surface area contributed by atoms with Crippen LogP contribution in [0.5, 0.6) is 5.75 Å². The second-order valence-corrected chi connectivity index (χ2v) is 5.29. The summed E-state index contributed by atoms with van der Waals surface area (Å²) in [6.07, 6.45) is -4.78. The molecule has 23 heavy (non-hydrogen) atoms. The molecule has 0 radical (unpaired) electrons. The summed E-state index contributed by atoms with van der Waals surface area (Å²) in [5.41, 5.74) is 0.376. The van der Waals surface area contributed by atoms with E-state index >= 15 is 0 Å². The zero-order valence-electron chi connectivity index (χ0n) is 12.3. The van der Waals surface area contributed by atoms with Crippen molar-refractivity contribution in [3.05, 3.63) is 24.1 Å². The second-order valence-electron chi connectivity index (χ2n) is 5.29. The number of halogens is 3. The summed E-state index contributed by atoms with van der Waals surface area (Å²) in [7, 11) is 1.96. The van der Waals surface area contributed by atoms with Gasteiger partial charge in [-0.1, -0.05) is 0 Å². The molecule has 3 rings (SSSR count). The lowest BCUT2D eigenvalue weighted by atomic mass is 10.3. The van der Waals surface area contributed by atoms with Gasteiger partial charge >= 0.3 is 12.3 Å². The highest BCUT2D eigenvalue weighted by atomic mass is 19.4. The number of piperazine rings is 1. The van der Waals surface area contributed by atoms with Crippen molar-refractivity contribution in [3.8, 4) is 5.75 Å². The van der Waals surface area contributed by atoms with Crippen molar-refractivity contribution >= 4 is 17.0 Å². The maximum absolute atomic E-state index is 12.3. The van der Waals surface area contributed by atoms with Crippen molar-refractivity contribution in [1.29, 1.82) is 0 Å². The van der Waals surface area contributed by atoms with Crippen LogP contribution >= 0.6 is 0 Å². The summed E-state index contributed by atoms with van der Waals surface area (Å²) in [5.74, 6) is -0.904. The molecule has 1 saturated heterocycles. The molecule has 0 N–H and O–H groups in total. The van der Waals surface area contributed by atoms with E-state index in [2.05, 4.69) is 14.6 Å². The van der Waals surface area contributed by atoms with Crippen molar-refractivity contribution in [3.63, 3.8) is 0 Å². The third-order valence-corrected chi connectivity index (χ3v) is 3.57. The number of rotatable bonds is 2. The van der Waals surface area contributed by atoms with Crippen LogP contribution in [-0.2, 0) is 0 Å². The quantitative estimate of drug-likeness (QED) is 0.845. The van der Waals surface area contributed by atoms with Gasteiger partial charge in [0.25, 0.3) is 5.89 Å². The van der Waals surface area contributed by atoms with Gasteiger partial charge in [-0.3, -0.25) is 4.79 Å². The van der Waals surface area contributed by atoms with Gasteiger partial charge in [-0.25, -0.2) is 4.98 Å². The number of carbonyl (C=O) groups is 1. The van der Waals surface area contributed by atoms with E-state index in [0.29, 0.717) is 13.1 Å². The monoisotopic (exact) mass is 329 g/mol. The fourth-order valence-corrected chi connectivity index (χ4v) is 2.34. The van der Waals surface area contributed by atoms with Gasteiger partial charge in [0.1, 0.15) is 11.3 Å². The maximum atomic E-state index is 12.3. The maximum Gasteiger partial charge on any atom is 0.573 e. The lowest BCUT2D eigenvalue weighted by Crippen LogP contribution is -2.47. The molecule has 0 atom stereocenters. The number of benzene rings is 1. The van der Waals surface area contributed by atoms with Gasteiger partial charge in [0.2, 0.25) is 0 Å². The Kier molecular flexibility index (Phi) is 3.88. The Morgan fingerprint density at radius 3 is 2.61 bits per heavy atom. The molecular weight excluding hydrogens is 315 g/mol. The number of fused-ring (bicyclic) bond motifs is 1. The number of hydrogen-bond donors (Lipinski definition) is 0. The van der Waals surface area contributed by atoms with E-state index in [1.807, 2.05) is 7.05 Å². The smallest absolute Gasteiger partial charge is 0.432 e. The Morgan fingerprint density at radius 2 is 1.96 bits per heavy atom. The van der Waals surface area contributed by atoms with Crippen LogP contribution in [0.3, 0.4) is 0 Å². The fourth-order valence-electron chi connectivity index (χ4n) is 2.34. The van der Waals surface area contributed by atoms with Crippen LogP contribution in [0.1, 0.15) is 10.7 Å². The zero-order chi connectivity index (χ0) is 16.6. The number of alkyl halides is 3. The summed E-state index contributed by atoms with van der Waals surface area (Å²) in [4.78, 5) is 20.0. The van der Waals surface area contributed by atoms with E-state index in [-0.39, 0.29) is 22.9 Å². The molecule has 1 aliphatic heterocycles. The summed E-state index contributed by atoms with van der Waals surface area (Å²) in [6, 6.07) is 3.50. The summed E-state index contributed by atoms with van der Waals surface area (Å²) in [6.45, 7) is 2.60. The number of amides is 1. The minimum Gasteiger partial charge on any atom is -0.432 e. The first-order chi connectivity index (χ1) is 10.8. The first kappa shape index (κ1) is 15.6. The lowest BCUT2D eigenvalue weighted by Gasteiger charge is -2.31. The SMILES string of the molecule is CN1CCN(C(=O)c2nc3cc(OC(F)(F)F)ccc3o2)CC1. The number of ether oxygens (including phenoxy) is 1. The minimum atomic E-state index is -4.78. The fraction of sp³-hybridized carbons (Fsp3) is 0.429. The van der Waals surface area contributed by atoms with Gasteiger partial charge in [-0.2, -0.15) is 0 Å². The van der Waals surface area contributed by atoms with E-state index < -0.39 is 12.1 Å². The van der Waals surface area contributed by atoms with Crippen molar-refractivity contribution in [2.24, 2.45) is 0 Å². The van der Waals surface area contributed by atoms with Crippen LogP contribution in [0.2, 0.25) is 0 Å². The third-order valence-electron chi connectivity index (χ3n) is 3.57. The lowest BCUT2D eigenvalue weighted by molar-refractivity contribution is -0.274. The van der Waals surface area contributed by atoms with Crippen LogP contribution in [-0.4, -0.2) is 60.3 Å². The van der Waals surface area contributed by atoms with E-state index in [1.165, 1.54) is 6.07 Å². The van der Waals surface area contributed by atoms with E-state index in [1.54, 1.807) is 4.90 Å². The van der Waals surface area contributed by atoms with Crippen LogP contribution in [0, 0.1) is 0 Å². The van der Waals surface area contributed by atoms with Crippen LogP contribution in [0.4, 0.5) is 13.2 Å². The molecule has 0 unspecified atom stereocenters. The standard InChI is InChI=1S/C14H14F3N3O3/c1-19-4-6-20(7-5-19)13(21)12-18-10-8-9(23-14(15,16)17)2-3-11(10)22-12/h2-3,8H,4-7H2,1H3. The van der Waals surface area contributed by atoms with Gasteiger partial charge in [-0.15, -0.1) is 13.2 Å². The second kappa shape index (κ2) is 5.73. The van der Waals surface area contributed by atoms with Crippen molar-refractivity contribution in [2.45, 2.75) is 6.36 Å². The van der Waals surface area contributed by atoms with Crippen LogP contribution < -0.4 is 4.74 Å². The predicted octanol–water partition coefficient (Wildman–Crippen LogP) is 2.11. The summed E-state index contributed by atoms with van der Waals surface area (Å²) < 4.78 is 45.8. The highest BCUT2D eigenvalue weighted by Gasteiger charge is 2.31.